The van der Waals surface area contributed by atoms with E-state index in [4.69, 9.17) is 14.5 Å². The average molecular weight is 492 g/mol. The van der Waals surface area contributed by atoms with Gasteiger partial charge in [-0.3, -0.25) is 9.69 Å². The molecule has 0 N–H and O–H groups in total. The van der Waals surface area contributed by atoms with Crippen molar-refractivity contribution in [3.8, 4) is 11.5 Å². The van der Waals surface area contributed by atoms with Crippen LogP contribution < -0.4 is 14.4 Å². The second kappa shape index (κ2) is 10.2. The van der Waals surface area contributed by atoms with E-state index in [0.29, 0.717) is 34.3 Å². The zero-order chi connectivity index (χ0) is 21.7. The number of hydrogen-bond acceptors (Lipinski definition) is 6. The molecule has 1 aromatic heterocycles. The number of thiazole rings is 1. The third-order valence-corrected chi connectivity index (χ3v) is 6.57. The predicted molar refractivity (Wildman–Crippen MR) is 126 cm³/mol. The highest BCUT2D eigenvalue weighted by atomic mass is 79.9. The van der Waals surface area contributed by atoms with Crippen LogP contribution in [0.5, 0.6) is 11.5 Å². The minimum atomic E-state index is -0.0829. The summed E-state index contributed by atoms with van der Waals surface area (Å²) < 4.78 is 12.7. The van der Waals surface area contributed by atoms with Gasteiger partial charge in [0.05, 0.1) is 14.2 Å². The topological polar surface area (TPSA) is 54.9 Å². The molecule has 0 saturated heterocycles. The third-order valence-electron chi connectivity index (χ3n) is 4.98. The standard InChI is InChI=1S/C22H26BrN3O3S/c1-5-25(6-2)12-13-26(21(27)15-8-7-9-16(23)14-15)22-24-19-17(28-3)10-11-18(29-4)20(19)30-22/h7-11,14H,5-6,12-13H2,1-4H3. The monoisotopic (exact) mass is 491 g/mol. The smallest absolute Gasteiger partial charge is 0.260 e. The molecule has 3 rings (SSSR count). The van der Waals surface area contributed by atoms with Gasteiger partial charge >= 0.3 is 0 Å². The second-order valence-electron chi connectivity index (χ2n) is 6.64. The molecule has 160 valence electrons. The molecule has 0 aliphatic heterocycles. The molecular formula is C22H26BrN3O3S. The first-order valence-electron chi connectivity index (χ1n) is 9.83. The molecule has 0 atom stereocenters. The Bertz CT molecular complexity index is 979. The number of benzene rings is 2. The Morgan fingerprint density at radius 3 is 2.40 bits per heavy atom. The lowest BCUT2D eigenvalue weighted by Crippen LogP contribution is -2.38. The van der Waals surface area contributed by atoms with Gasteiger partial charge in [0.15, 0.2) is 5.13 Å². The maximum absolute atomic E-state index is 13.5. The summed E-state index contributed by atoms with van der Waals surface area (Å²) in [5, 5.41) is 0.630. The Balaban J connectivity index is 2.06. The number of methoxy groups -OCH3 is 2. The quantitative estimate of drug-likeness (QED) is 0.418. The fourth-order valence-electron chi connectivity index (χ4n) is 3.23. The highest BCUT2D eigenvalue weighted by molar-refractivity contribution is 9.10. The Kier molecular flexibility index (Phi) is 7.69. The second-order valence-corrected chi connectivity index (χ2v) is 8.53. The predicted octanol–water partition coefficient (Wildman–Crippen LogP) is 5.06. The fourth-order valence-corrected chi connectivity index (χ4v) is 4.73. The van der Waals surface area contributed by atoms with Crippen LogP contribution in [0.1, 0.15) is 24.2 Å². The maximum Gasteiger partial charge on any atom is 0.260 e. The van der Waals surface area contributed by atoms with Crippen LogP contribution in [-0.2, 0) is 0 Å². The van der Waals surface area contributed by atoms with Crippen molar-refractivity contribution < 1.29 is 14.3 Å². The van der Waals surface area contributed by atoms with E-state index in [1.807, 2.05) is 36.4 Å². The summed E-state index contributed by atoms with van der Waals surface area (Å²) in [6.45, 7) is 7.40. The lowest BCUT2D eigenvalue weighted by atomic mass is 10.2. The molecule has 0 spiro atoms. The van der Waals surface area contributed by atoms with E-state index in [1.165, 1.54) is 11.3 Å². The van der Waals surface area contributed by atoms with Crippen molar-refractivity contribution in [1.29, 1.82) is 0 Å². The average Bonchev–Trinajstić information content (AvgIpc) is 3.21. The third kappa shape index (κ3) is 4.77. The van der Waals surface area contributed by atoms with Crippen molar-refractivity contribution in [3.63, 3.8) is 0 Å². The Labute approximate surface area is 189 Å². The number of rotatable bonds is 9. The summed E-state index contributed by atoms with van der Waals surface area (Å²) in [6, 6.07) is 11.1. The van der Waals surface area contributed by atoms with Crippen LogP contribution in [0.4, 0.5) is 5.13 Å². The molecule has 3 aromatic rings. The number of ether oxygens (including phenoxy) is 2. The van der Waals surface area contributed by atoms with E-state index in [0.717, 1.165) is 28.8 Å². The van der Waals surface area contributed by atoms with Crippen LogP contribution in [-0.4, -0.2) is 56.2 Å². The Morgan fingerprint density at radius 2 is 1.77 bits per heavy atom. The zero-order valence-corrected chi connectivity index (χ0v) is 20.0. The van der Waals surface area contributed by atoms with E-state index in [2.05, 4.69) is 34.7 Å². The first-order valence-corrected chi connectivity index (χ1v) is 11.4. The number of likely N-dealkylation sites (N-methyl/N-ethyl adjacent to an activating group) is 1. The number of aromatic nitrogens is 1. The number of carbonyl (C=O) groups is 1. The van der Waals surface area contributed by atoms with Crippen LogP contribution in [0.15, 0.2) is 40.9 Å². The van der Waals surface area contributed by atoms with Crippen LogP contribution in [0, 0.1) is 0 Å². The molecule has 0 aliphatic carbocycles. The van der Waals surface area contributed by atoms with Gasteiger partial charge in [0.2, 0.25) is 0 Å². The van der Waals surface area contributed by atoms with E-state index in [-0.39, 0.29) is 5.91 Å². The zero-order valence-electron chi connectivity index (χ0n) is 17.6. The van der Waals surface area contributed by atoms with E-state index >= 15 is 0 Å². The first kappa shape index (κ1) is 22.5. The summed E-state index contributed by atoms with van der Waals surface area (Å²) in [6.07, 6.45) is 0. The highest BCUT2D eigenvalue weighted by Gasteiger charge is 2.24. The first-order chi connectivity index (χ1) is 14.5. The molecule has 1 amide bonds. The van der Waals surface area contributed by atoms with Gasteiger partial charge in [-0.15, -0.1) is 0 Å². The molecule has 0 unspecified atom stereocenters. The summed E-state index contributed by atoms with van der Waals surface area (Å²) in [5.41, 5.74) is 1.31. The van der Waals surface area contributed by atoms with Crippen molar-refractivity contribution in [2.45, 2.75) is 13.8 Å². The number of hydrogen-bond donors (Lipinski definition) is 0. The molecule has 1 heterocycles. The molecule has 0 radical (unpaired) electrons. The molecule has 0 bridgehead atoms. The minimum absolute atomic E-state index is 0.0829. The molecule has 30 heavy (non-hydrogen) atoms. The van der Waals surface area contributed by atoms with Gasteiger partial charge < -0.3 is 14.4 Å². The molecule has 0 fully saturated rings. The van der Waals surface area contributed by atoms with Crippen molar-refractivity contribution in [3.05, 3.63) is 46.4 Å². The van der Waals surface area contributed by atoms with Gasteiger partial charge in [0.25, 0.3) is 5.91 Å². The van der Waals surface area contributed by atoms with Crippen molar-refractivity contribution in [1.82, 2.24) is 9.88 Å². The van der Waals surface area contributed by atoms with E-state index in [9.17, 15) is 4.79 Å². The van der Waals surface area contributed by atoms with Gasteiger partial charge in [0, 0.05) is 23.1 Å². The van der Waals surface area contributed by atoms with Crippen LogP contribution in [0.2, 0.25) is 0 Å². The normalized spacial score (nSPS) is 11.1. The van der Waals surface area contributed by atoms with Gasteiger partial charge in [-0.05, 0) is 43.4 Å². The number of halogens is 1. The van der Waals surface area contributed by atoms with Crippen molar-refractivity contribution >= 4 is 48.5 Å². The van der Waals surface area contributed by atoms with E-state index < -0.39 is 0 Å². The van der Waals surface area contributed by atoms with Gasteiger partial charge in [-0.2, -0.15) is 0 Å². The van der Waals surface area contributed by atoms with E-state index in [1.54, 1.807) is 19.1 Å². The lowest BCUT2D eigenvalue weighted by molar-refractivity contribution is 0.0983. The lowest BCUT2D eigenvalue weighted by Gasteiger charge is -2.24. The van der Waals surface area contributed by atoms with Crippen molar-refractivity contribution in [2.75, 3.05) is 45.3 Å². The minimum Gasteiger partial charge on any atom is -0.495 e. The van der Waals surface area contributed by atoms with Crippen LogP contribution in [0.25, 0.3) is 10.2 Å². The van der Waals surface area contributed by atoms with Gasteiger partial charge in [0.1, 0.15) is 21.7 Å². The molecule has 8 heteroatoms. The molecule has 6 nitrogen and oxygen atoms in total. The maximum atomic E-state index is 13.5. The molecular weight excluding hydrogens is 466 g/mol. The molecule has 0 saturated carbocycles. The van der Waals surface area contributed by atoms with Gasteiger partial charge in [-0.1, -0.05) is 47.2 Å². The number of nitrogens with zero attached hydrogens (tertiary/aromatic N) is 3. The SMILES string of the molecule is CCN(CC)CCN(C(=O)c1cccc(Br)c1)c1nc2c(OC)ccc(OC)c2s1. The van der Waals surface area contributed by atoms with Crippen molar-refractivity contribution in [2.24, 2.45) is 0 Å². The summed E-state index contributed by atoms with van der Waals surface area (Å²) in [5.74, 6) is 1.29. The highest BCUT2D eigenvalue weighted by Crippen LogP contribution is 2.40. The summed E-state index contributed by atoms with van der Waals surface area (Å²) in [7, 11) is 3.25. The number of fused-ring (bicyclic) bond motifs is 1. The van der Waals surface area contributed by atoms with Crippen LogP contribution >= 0.6 is 27.3 Å². The van der Waals surface area contributed by atoms with Gasteiger partial charge in [-0.25, -0.2) is 4.98 Å². The number of anilines is 1. The molecule has 2 aromatic carbocycles. The fraction of sp³-hybridized carbons (Fsp3) is 0.364. The number of carbonyl (C=O) groups excluding carboxylic acids is 1. The summed E-state index contributed by atoms with van der Waals surface area (Å²) >= 11 is 4.90. The summed E-state index contributed by atoms with van der Waals surface area (Å²) in [4.78, 5) is 22.3. The Hall–Kier alpha value is -2.16. The largest absolute Gasteiger partial charge is 0.495 e. The van der Waals surface area contributed by atoms with Crippen LogP contribution in [0.3, 0.4) is 0 Å². The molecule has 0 aliphatic rings. The Morgan fingerprint density at radius 1 is 1.07 bits per heavy atom. The number of amides is 1.